The molecule has 0 radical (unpaired) electrons. The molecule has 0 saturated carbocycles. The third-order valence-corrected chi connectivity index (χ3v) is 6.17. The van der Waals surface area contributed by atoms with Crippen LogP contribution in [0.2, 0.25) is 0 Å². The summed E-state index contributed by atoms with van der Waals surface area (Å²) >= 11 is 0. The first-order chi connectivity index (χ1) is 16.1. The minimum Gasteiger partial charge on any atom is -0.380 e. The molecule has 34 heavy (non-hydrogen) atoms. The quantitative estimate of drug-likeness (QED) is 0.353. The van der Waals surface area contributed by atoms with Crippen molar-refractivity contribution in [1.82, 2.24) is 9.55 Å². The Balaban J connectivity index is 1.56. The Labute approximate surface area is 195 Å². The zero-order valence-corrected chi connectivity index (χ0v) is 18.9. The largest absolute Gasteiger partial charge is 0.419 e. The van der Waals surface area contributed by atoms with Crippen LogP contribution in [0.15, 0.2) is 90.2 Å². The summed E-state index contributed by atoms with van der Waals surface area (Å²) in [5, 5.41) is 5.79. The van der Waals surface area contributed by atoms with Crippen molar-refractivity contribution in [3.05, 3.63) is 96.4 Å². The second-order valence-corrected chi connectivity index (χ2v) is 9.66. The van der Waals surface area contributed by atoms with Crippen LogP contribution in [0.5, 0.6) is 0 Å². The first-order valence-corrected chi connectivity index (χ1v) is 12.1. The van der Waals surface area contributed by atoms with Gasteiger partial charge in [0.05, 0.1) is 16.1 Å². The Morgan fingerprint density at radius 1 is 0.971 bits per heavy atom. The lowest BCUT2D eigenvalue weighted by Crippen LogP contribution is -2.12. The highest BCUT2D eigenvalue weighted by atomic mass is 32.2. The summed E-state index contributed by atoms with van der Waals surface area (Å²) in [6.45, 7) is 0.00145. The molecule has 0 atom stereocenters. The van der Waals surface area contributed by atoms with Gasteiger partial charge >= 0.3 is 6.18 Å². The Kier molecular flexibility index (Phi) is 6.34. The molecule has 4 aromatic rings. The second kappa shape index (κ2) is 9.22. The third-order valence-electron chi connectivity index (χ3n) is 5.06. The van der Waals surface area contributed by atoms with Crippen LogP contribution in [0, 0.1) is 0 Å². The van der Waals surface area contributed by atoms with Crippen molar-refractivity contribution in [3.63, 3.8) is 0 Å². The van der Waals surface area contributed by atoms with E-state index in [0.717, 1.165) is 18.1 Å². The first-order valence-electron chi connectivity index (χ1n) is 10.2. The number of hydrogen-bond acceptors (Lipinski definition) is 5. The highest BCUT2D eigenvalue weighted by molar-refractivity contribution is 7.90. The van der Waals surface area contributed by atoms with Gasteiger partial charge in [-0.25, -0.2) is 13.4 Å². The molecular weight excluding hydrogens is 465 g/mol. The number of nitrogens with zero attached hydrogens (tertiary/aromatic N) is 2. The van der Waals surface area contributed by atoms with Crippen LogP contribution in [0.25, 0.3) is 5.69 Å². The fourth-order valence-corrected chi connectivity index (χ4v) is 4.04. The van der Waals surface area contributed by atoms with Crippen molar-refractivity contribution in [2.45, 2.75) is 17.6 Å². The number of aromatic nitrogens is 2. The van der Waals surface area contributed by atoms with Crippen LogP contribution in [-0.4, -0.2) is 24.2 Å². The van der Waals surface area contributed by atoms with Crippen LogP contribution in [0.3, 0.4) is 0 Å². The van der Waals surface area contributed by atoms with Crippen LogP contribution in [0.4, 0.5) is 30.4 Å². The minimum atomic E-state index is -4.61. The molecule has 2 aromatic heterocycles. The number of rotatable bonds is 7. The number of pyridine rings is 1. The topological polar surface area (TPSA) is 76.0 Å². The van der Waals surface area contributed by atoms with Gasteiger partial charge in [-0.2, -0.15) is 13.2 Å². The molecule has 2 N–H and O–H groups in total. The van der Waals surface area contributed by atoms with E-state index in [0.29, 0.717) is 11.3 Å². The molecule has 4 rings (SSSR count). The van der Waals surface area contributed by atoms with E-state index in [1.165, 1.54) is 18.2 Å². The number of alkyl halides is 3. The Hall–Kier alpha value is -3.79. The normalized spacial score (nSPS) is 11.9. The number of anilines is 3. The number of halogens is 3. The molecule has 6 nitrogen and oxygen atoms in total. The van der Waals surface area contributed by atoms with E-state index >= 15 is 0 Å². The lowest BCUT2D eigenvalue weighted by atomic mass is 10.2. The Bertz CT molecular complexity index is 1380. The fourth-order valence-electron chi connectivity index (χ4n) is 3.35. The van der Waals surface area contributed by atoms with Gasteiger partial charge in [-0.3, -0.25) is 0 Å². The summed E-state index contributed by atoms with van der Waals surface area (Å²) in [5.41, 5.74) is 1.05. The summed E-state index contributed by atoms with van der Waals surface area (Å²) in [4.78, 5) is 4.02. The first kappa shape index (κ1) is 23.4. The van der Waals surface area contributed by atoms with Gasteiger partial charge in [0, 0.05) is 48.8 Å². The van der Waals surface area contributed by atoms with Gasteiger partial charge < -0.3 is 15.2 Å². The maximum absolute atomic E-state index is 13.6. The lowest BCUT2D eigenvalue weighted by Gasteiger charge is -2.16. The van der Waals surface area contributed by atoms with Gasteiger partial charge in [0.15, 0.2) is 9.84 Å². The van der Waals surface area contributed by atoms with Crippen molar-refractivity contribution in [1.29, 1.82) is 0 Å². The van der Waals surface area contributed by atoms with E-state index in [1.54, 1.807) is 24.3 Å². The molecule has 0 bridgehead atoms. The molecule has 0 saturated heterocycles. The summed E-state index contributed by atoms with van der Waals surface area (Å²) in [6, 6.07) is 18.5. The van der Waals surface area contributed by atoms with Gasteiger partial charge in [-0.05, 0) is 54.1 Å². The smallest absolute Gasteiger partial charge is 0.380 e. The van der Waals surface area contributed by atoms with Gasteiger partial charge in [-0.1, -0.05) is 12.1 Å². The SMILES string of the molecule is CS(=O)(=O)c1cccc(CNc2cc(Nc3ccc(-n4cccc4)cc3)ncc2C(F)(F)F)c1. The number of hydrogen-bond donors (Lipinski definition) is 2. The second-order valence-electron chi connectivity index (χ2n) is 7.65. The standard InChI is InChI=1S/C24H21F3N4O2S/c1-34(32,33)20-6-4-5-17(13-20)15-28-22-14-23(29-16-21(22)24(25,26)27)30-18-7-9-19(10-8-18)31-11-2-3-12-31/h2-14,16H,15H2,1H3,(H2,28,29,30). The van der Waals surface area contributed by atoms with E-state index in [2.05, 4.69) is 15.6 Å². The number of sulfone groups is 1. The predicted molar refractivity (Wildman–Crippen MR) is 125 cm³/mol. The van der Waals surface area contributed by atoms with Crippen LogP contribution >= 0.6 is 0 Å². The van der Waals surface area contributed by atoms with E-state index in [1.807, 2.05) is 41.2 Å². The maximum atomic E-state index is 13.6. The van der Waals surface area contributed by atoms with Crippen molar-refractivity contribution < 1.29 is 21.6 Å². The van der Waals surface area contributed by atoms with Crippen LogP contribution in [0.1, 0.15) is 11.1 Å². The number of nitrogens with one attached hydrogen (secondary N) is 2. The summed E-state index contributed by atoms with van der Waals surface area (Å²) < 4.78 is 66.1. The predicted octanol–water partition coefficient (Wildman–Crippen LogP) is 5.65. The average molecular weight is 487 g/mol. The molecule has 10 heteroatoms. The Morgan fingerprint density at radius 2 is 1.68 bits per heavy atom. The molecule has 0 aliphatic carbocycles. The van der Waals surface area contributed by atoms with E-state index in [4.69, 9.17) is 0 Å². The fraction of sp³-hybridized carbons (Fsp3) is 0.125. The monoisotopic (exact) mass is 486 g/mol. The molecule has 176 valence electrons. The summed E-state index contributed by atoms with van der Waals surface area (Å²) in [7, 11) is -3.43. The van der Waals surface area contributed by atoms with Crippen molar-refractivity contribution in [2.24, 2.45) is 0 Å². The Morgan fingerprint density at radius 3 is 2.32 bits per heavy atom. The molecule has 2 heterocycles. The zero-order chi connectivity index (χ0) is 24.3. The van der Waals surface area contributed by atoms with Crippen molar-refractivity contribution >= 4 is 27.0 Å². The van der Waals surface area contributed by atoms with Crippen molar-refractivity contribution in [3.8, 4) is 5.69 Å². The van der Waals surface area contributed by atoms with Crippen LogP contribution in [-0.2, 0) is 22.6 Å². The molecule has 0 aliphatic heterocycles. The van der Waals surface area contributed by atoms with Gasteiger partial charge in [-0.15, -0.1) is 0 Å². The van der Waals surface area contributed by atoms with E-state index in [-0.39, 0.29) is 22.9 Å². The average Bonchev–Trinajstić information content (AvgIpc) is 3.32. The van der Waals surface area contributed by atoms with Crippen molar-refractivity contribution in [2.75, 3.05) is 16.9 Å². The minimum absolute atomic E-state index is 0.00145. The van der Waals surface area contributed by atoms with Gasteiger partial charge in [0.2, 0.25) is 0 Å². The highest BCUT2D eigenvalue weighted by Gasteiger charge is 2.34. The maximum Gasteiger partial charge on any atom is 0.419 e. The zero-order valence-electron chi connectivity index (χ0n) is 18.0. The van der Waals surface area contributed by atoms with Crippen LogP contribution < -0.4 is 10.6 Å². The van der Waals surface area contributed by atoms with E-state index in [9.17, 15) is 21.6 Å². The molecule has 0 aliphatic rings. The summed E-state index contributed by atoms with van der Waals surface area (Å²) in [5.74, 6) is 0.231. The summed E-state index contributed by atoms with van der Waals surface area (Å²) in [6.07, 6.45) is 1.05. The van der Waals surface area contributed by atoms with Gasteiger partial charge in [0.25, 0.3) is 0 Å². The van der Waals surface area contributed by atoms with Gasteiger partial charge in [0.1, 0.15) is 5.82 Å². The lowest BCUT2D eigenvalue weighted by molar-refractivity contribution is -0.137. The molecular formula is C24H21F3N4O2S. The number of benzene rings is 2. The molecule has 0 amide bonds. The molecule has 0 spiro atoms. The third kappa shape index (κ3) is 5.57. The highest BCUT2D eigenvalue weighted by Crippen LogP contribution is 2.36. The molecule has 2 aromatic carbocycles. The van der Waals surface area contributed by atoms with E-state index < -0.39 is 21.6 Å². The molecule has 0 fully saturated rings. The molecule has 0 unspecified atom stereocenters.